The molecule has 6 heteroatoms. The van der Waals surface area contributed by atoms with Crippen LogP contribution in [-0.2, 0) is 6.42 Å². The maximum absolute atomic E-state index is 11.8. The van der Waals surface area contributed by atoms with Gasteiger partial charge in [0.25, 0.3) is 5.91 Å². The minimum Gasteiger partial charge on any atom is -0.350 e. The summed E-state index contributed by atoms with van der Waals surface area (Å²) < 4.78 is 3.83. The molecule has 0 atom stereocenters. The van der Waals surface area contributed by atoms with Crippen LogP contribution < -0.4 is 10.6 Å². The van der Waals surface area contributed by atoms with E-state index in [9.17, 15) is 4.79 Å². The highest BCUT2D eigenvalue weighted by Crippen LogP contribution is 2.11. The lowest BCUT2D eigenvalue weighted by molar-refractivity contribution is 0.0956. The first kappa shape index (κ1) is 14.1. The molecule has 1 aromatic heterocycles. The predicted molar refractivity (Wildman–Crippen MR) is 69.4 cm³/mol. The Morgan fingerprint density at radius 2 is 2.18 bits per heavy atom. The summed E-state index contributed by atoms with van der Waals surface area (Å²) >= 11 is 1.17. The van der Waals surface area contributed by atoms with Gasteiger partial charge < -0.3 is 10.6 Å². The summed E-state index contributed by atoms with van der Waals surface area (Å²) in [7, 11) is 0. The van der Waals surface area contributed by atoms with Gasteiger partial charge in [0.05, 0.1) is 5.69 Å². The molecule has 0 spiro atoms. The number of carbonyl (C=O) groups excluding carboxylic acids is 1. The van der Waals surface area contributed by atoms with Crippen molar-refractivity contribution in [1.82, 2.24) is 20.2 Å². The largest absolute Gasteiger partial charge is 0.350 e. The third-order valence-corrected chi connectivity index (χ3v) is 2.98. The molecule has 0 radical (unpaired) electrons. The second-order valence-electron chi connectivity index (χ2n) is 4.16. The van der Waals surface area contributed by atoms with Crippen molar-refractivity contribution >= 4 is 17.4 Å². The Hall–Kier alpha value is -1.01. The predicted octanol–water partition coefficient (Wildman–Crippen LogP) is 1.22. The Labute approximate surface area is 106 Å². The van der Waals surface area contributed by atoms with E-state index in [2.05, 4.69) is 41.0 Å². The number of nitrogens with zero attached hydrogens (tertiary/aromatic N) is 2. The van der Waals surface area contributed by atoms with E-state index in [1.54, 1.807) is 0 Å². The zero-order chi connectivity index (χ0) is 12.7. The fourth-order valence-corrected chi connectivity index (χ4v) is 2.02. The molecule has 0 aliphatic carbocycles. The summed E-state index contributed by atoms with van der Waals surface area (Å²) in [5, 5.41) is 10.1. The molecule has 0 unspecified atom stereocenters. The molecule has 0 bridgehead atoms. The molecule has 1 heterocycles. The van der Waals surface area contributed by atoms with Gasteiger partial charge in [0.15, 0.2) is 0 Å². The van der Waals surface area contributed by atoms with Gasteiger partial charge in [0, 0.05) is 19.1 Å². The first-order valence-electron chi connectivity index (χ1n) is 5.98. The van der Waals surface area contributed by atoms with Crippen LogP contribution in [0.25, 0.3) is 0 Å². The number of hydrogen-bond donors (Lipinski definition) is 2. The highest BCUT2D eigenvalue weighted by atomic mass is 32.1. The van der Waals surface area contributed by atoms with E-state index < -0.39 is 0 Å². The van der Waals surface area contributed by atoms with E-state index in [1.807, 2.05) is 0 Å². The van der Waals surface area contributed by atoms with Gasteiger partial charge >= 0.3 is 0 Å². The molecule has 1 rings (SSSR count). The average Bonchev–Trinajstić information content (AvgIpc) is 2.72. The summed E-state index contributed by atoms with van der Waals surface area (Å²) in [6.07, 6.45) is 1.78. The lowest BCUT2D eigenvalue weighted by Gasteiger charge is -2.08. The fourth-order valence-electron chi connectivity index (χ4n) is 1.40. The number of rotatable bonds is 7. The van der Waals surface area contributed by atoms with Crippen LogP contribution in [0, 0.1) is 0 Å². The number of carbonyl (C=O) groups is 1. The van der Waals surface area contributed by atoms with E-state index in [1.165, 1.54) is 11.5 Å². The Bertz CT molecular complexity index is 351. The van der Waals surface area contributed by atoms with Gasteiger partial charge in [-0.1, -0.05) is 31.7 Å². The number of aromatic nitrogens is 2. The average molecular weight is 256 g/mol. The molecule has 2 N–H and O–H groups in total. The van der Waals surface area contributed by atoms with Gasteiger partial charge in [-0.05, 0) is 18.0 Å². The van der Waals surface area contributed by atoms with Crippen molar-refractivity contribution in [2.24, 2.45) is 0 Å². The first-order valence-corrected chi connectivity index (χ1v) is 6.75. The van der Waals surface area contributed by atoms with Crippen LogP contribution in [0.4, 0.5) is 0 Å². The molecule has 0 aromatic carbocycles. The first-order chi connectivity index (χ1) is 8.15. The Morgan fingerprint density at radius 1 is 1.41 bits per heavy atom. The molecule has 0 saturated heterocycles. The normalized spacial score (nSPS) is 10.8. The molecule has 17 heavy (non-hydrogen) atoms. The van der Waals surface area contributed by atoms with E-state index in [-0.39, 0.29) is 5.91 Å². The zero-order valence-electron chi connectivity index (χ0n) is 10.6. The minimum atomic E-state index is -0.0611. The minimum absolute atomic E-state index is 0.0611. The van der Waals surface area contributed by atoms with Crippen molar-refractivity contribution in [1.29, 1.82) is 0 Å². The lowest BCUT2D eigenvalue weighted by Crippen LogP contribution is -2.34. The highest BCUT2D eigenvalue weighted by molar-refractivity contribution is 7.08. The zero-order valence-corrected chi connectivity index (χ0v) is 11.4. The number of aryl methyl sites for hydroxylation is 1. The fraction of sp³-hybridized carbons (Fsp3) is 0.727. The molecule has 0 fully saturated rings. The number of nitrogens with one attached hydrogen (secondary N) is 2. The van der Waals surface area contributed by atoms with Crippen LogP contribution in [0.2, 0.25) is 0 Å². The van der Waals surface area contributed by atoms with Gasteiger partial charge in [0.1, 0.15) is 4.88 Å². The van der Waals surface area contributed by atoms with Crippen LogP contribution in [0.5, 0.6) is 0 Å². The molecule has 1 amide bonds. The Kier molecular flexibility index (Phi) is 6.07. The number of amides is 1. The van der Waals surface area contributed by atoms with Crippen molar-refractivity contribution < 1.29 is 4.79 Å². The summed E-state index contributed by atoms with van der Waals surface area (Å²) in [5.74, 6) is -0.0611. The van der Waals surface area contributed by atoms with Gasteiger partial charge in [-0.3, -0.25) is 4.79 Å². The monoisotopic (exact) mass is 256 g/mol. The van der Waals surface area contributed by atoms with Crippen molar-refractivity contribution in [2.75, 3.05) is 13.1 Å². The van der Waals surface area contributed by atoms with E-state index in [0.717, 1.165) is 25.1 Å². The summed E-state index contributed by atoms with van der Waals surface area (Å²) in [4.78, 5) is 12.5. The van der Waals surface area contributed by atoms with E-state index in [4.69, 9.17) is 0 Å². The maximum atomic E-state index is 11.8. The van der Waals surface area contributed by atoms with Crippen LogP contribution in [0.1, 0.15) is 42.6 Å². The van der Waals surface area contributed by atoms with Crippen LogP contribution in [0.15, 0.2) is 0 Å². The molecule has 0 aliphatic rings. The third kappa shape index (κ3) is 4.79. The van der Waals surface area contributed by atoms with Crippen LogP contribution in [-0.4, -0.2) is 34.6 Å². The van der Waals surface area contributed by atoms with Gasteiger partial charge in [-0.15, -0.1) is 5.10 Å². The molecular formula is C11H20N4OS. The summed E-state index contributed by atoms with van der Waals surface area (Å²) in [6.45, 7) is 7.62. The second-order valence-corrected chi connectivity index (χ2v) is 4.92. The summed E-state index contributed by atoms with van der Waals surface area (Å²) in [6, 6.07) is 0.438. The molecule has 1 aromatic rings. The Morgan fingerprint density at radius 3 is 2.82 bits per heavy atom. The third-order valence-electron chi connectivity index (χ3n) is 2.21. The van der Waals surface area contributed by atoms with Crippen molar-refractivity contribution in [3.05, 3.63) is 10.6 Å². The molecule has 96 valence electrons. The SMILES string of the molecule is CCCc1nnsc1C(=O)NCCNC(C)C. The Balaban J connectivity index is 2.38. The van der Waals surface area contributed by atoms with Gasteiger partial charge in [-0.25, -0.2) is 0 Å². The van der Waals surface area contributed by atoms with Crippen molar-refractivity contribution in [2.45, 2.75) is 39.7 Å². The van der Waals surface area contributed by atoms with Crippen molar-refractivity contribution in [3.63, 3.8) is 0 Å². The number of hydrogen-bond acceptors (Lipinski definition) is 5. The van der Waals surface area contributed by atoms with E-state index >= 15 is 0 Å². The highest BCUT2D eigenvalue weighted by Gasteiger charge is 2.14. The topological polar surface area (TPSA) is 66.9 Å². The second kappa shape index (κ2) is 7.34. The molecule has 0 aliphatic heterocycles. The van der Waals surface area contributed by atoms with Crippen LogP contribution >= 0.6 is 11.5 Å². The molecule has 5 nitrogen and oxygen atoms in total. The van der Waals surface area contributed by atoms with Gasteiger partial charge in [0.2, 0.25) is 0 Å². The standard InChI is InChI=1S/C11H20N4OS/c1-4-5-9-10(17-15-14-9)11(16)13-7-6-12-8(2)3/h8,12H,4-7H2,1-3H3,(H,13,16). The maximum Gasteiger partial charge on any atom is 0.264 e. The van der Waals surface area contributed by atoms with Crippen LogP contribution in [0.3, 0.4) is 0 Å². The quantitative estimate of drug-likeness (QED) is 0.720. The lowest BCUT2D eigenvalue weighted by atomic mass is 10.2. The summed E-state index contributed by atoms with van der Waals surface area (Å²) in [5.41, 5.74) is 0.812. The molecular weight excluding hydrogens is 236 g/mol. The van der Waals surface area contributed by atoms with Crippen molar-refractivity contribution in [3.8, 4) is 0 Å². The molecule has 0 saturated carbocycles. The smallest absolute Gasteiger partial charge is 0.264 e. The van der Waals surface area contributed by atoms with E-state index in [0.29, 0.717) is 17.5 Å². The van der Waals surface area contributed by atoms with Gasteiger partial charge in [-0.2, -0.15) is 0 Å².